The SMILES string of the molecule is CCNCCCNC(=O)CCn1ccnn1. The molecule has 1 amide bonds. The lowest BCUT2D eigenvalue weighted by atomic mass is 10.3. The van der Waals surface area contributed by atoms with Gasteiger partial charge in [0, 0.05) is 19.2 Å². The molecule has 0 unspecified atom stereocenters. The van der Waals surface area contributed by atoms with Crippen molar-refractivity contribution in [1.82, 2.24) is 25.6 Å². The molecule has 16 heavy (non-hydrogen) atoms. The summed E-state index contributed by atoms with van der Waals surface area (Å²) in [6.45, 7) is 5.29. The number of amides is 1. The number of carbonyl (C=O) groups excluding carboxylic acids is 1. The smallest absolute Gasteiger partial charge is 0.221 e. The first-order valence-corrected chi connectivity index (χ1v) is 5.64. The summed E-state index contributed by atoms with van der Waals surface area (Å²) in [5.74, 6) is 0.0620. The van der Waals surface area contributed by atoms with Crippen molar-refractivity contribution in [2.24, 2.45) is 0 Å². The van der Waals surface area contributed by atoms with E-state index in [0.29, 0.717) is 13.0 Å². The Morgan fingerprint density at radius 3 is 3.00 bits per heavy atom. The Kier molecular flexibility index (Phi) is 6.17. The third kappa shape index (κ3) is 5.45. The second-order valence-corrected chi connectivity index (χ2v) is 3.47. The van der Waals surface area contributed by atoms with Crippen molar-refractivity contribution in [2.75, 3.05) is 19.6 Å². The van der Waals surface area contributed by atoms with Crippen LogP contribution >= 0.6 is 0 Å². The number of hydrogen-bond acceptors (Lipinski definition) is 4. The Hall–Kier alpha value is -1.43. The predicted molar refractivity (Wildman–Crippen MR) is 60.8 cm³/mol. The molecule has 0 aliphatic rings. The summed E-state index contributed by atoms with van der Waals surface area (Å²) in [5, 5.41) is 13.5. The summed E-state index contributed by atoms with van der Waals surface area (Å²) < 4.78 is 1.65. The van der Waals surface area contributed by atoms with Gasteiger partial charge in [0.15, 0.2) is 0 Å². The summed E-state index contributed by atoms with van der Waals surface area (Å²) in [4.78, 5) is 11.4. The molecule has 0 saturated heterocycles. The molecular formula is C10H19N5O. The van der Waals surface area contributed by atoms with Gasteiger partial charge in [0.25, 0.3) is 0 Å². The molecular weight excluding hydrogens is 206 g/mol. The standard InChI is InChI=1S/C10H19N5O/c1-2-11-5-3-6-12-10(16)4-8-15-9-7-13-14-15/h7,9,11H,2-6,8H2,1H3,(H,12,16). The van der Waals surface area contributed by atoms with Crippen molar-refractivity contribution in [3.8, 4) is 0 Å². The van der Waals surface area contributed by atoms with Crippen molar-refractivity contribution in [3.63, 3.8) is 0 Å². The van der Waals surface area contributed by atoms with Gasteiger partial charge in [-0.3, -0.25) is 9.48 Å². The molecule has 6 nitrogen and oxygen atoms in total. The quantitative estimate of drug-likeness (QED) is 0.600. The fourth-order valence-corrected chi connectivity index (χ4v) is 1.27. The maximum atomic E-state index is 11.4. The van der Waals surface area contributed by atoms with E-state index in [2.05, 4.69) is 27.9 Å². The van der Waals surface area contributed by atoms with E-state index in [-0.39, 0.29) is 5.91 Å². The van der Waals surface area contributed by atoms with Crippen molar-refractivity contribution >= 4 is 5.91 Å². The molecule has 0 fully saturated rings. The van der Waals surface area contributed by atoms with Crippen LogP contribution in [-0.2, 0) is 11.3 Å². The van der Waals surface area contributed by atoms with Gasteiger partial charge in [-0.05, 0) is 19.5 Å². The van der Waals surface area contributed by atoms with Crippen LogP contribution in [-0.4, -0.2) is 40.5 Å². The van der Waals surface area contributed by atoms with Crippen molar-refractivity contribution in [3.05, 3.63) is 12.4 Å². The molecule has 0 saturated carbocycles. The fourth-order valence-electron chi connectivity index (χ4n) is 1.27. The molecule has 0 aromatic carbocycles. The number of nitrogens with one attached hydrogen (secondary N) is 2. The second kappa shape index (κ2) is 7.81. The molecule has 2 N–H and O–H groups in total. The molecule has 0 aliphatic heterocycles. The van der Waals surface area contributed by atoms with Crippen LogP contribution in [0.5, 0.6) is 0 Å². The molecule has 0 bridgehead atoms. The minimum Gasteiger partial charge on any atom is -0.356 e. The van der Waals surface area contributed by atoms with Crippen LogP contribution in [0.15, 0.2) is 12.4 Å². The van der Waals surface area contributed by atoms with Gasteiger partial charge in [0.05, 0.1) is 12.7 Å². The van der Waals surface area contributed by atoms with E-state index in [4.69, 9.17) is 0 Å². The van der Waals surface area contributed by atoms with Gasteiger partial charge in [-0.2, -0.15) is 0 Å². The Balaban J connectivity index is 1.99. The third-order valence-corrected chi connectivity index (χ3v) is 2.14. The van der Waals surface area contributed by atoms with Crippen LogP contribution in [0.25, 0.3) is 0 Å². The van der Waals surface area contributed by atoms with E-state index in [9.17, 15) is 4.79 Å². The zero-order valence-corrected chi connectivity index (χ0v) is 9.65. The monoisotopic (exact) mass is 225 g/mol. The highest BCUT2D eigenvalue weighted by Crippen LogP contribution is 1.87. The van der Waals surface area contributed by atoms with E-state index in [1.54, 1.807) is 17.1 Å². The van der Waals surface area contributed by atoms with Crippen LogP contribution < -0.4 is 10.6 Å². The Labute approximate surface area is 95.4 Å². The zero-order chi connectivity index (χ0) is 11.6. The summed E-state index contributed by atoms with van der Waals surface area (Å²) in [7, 11) is 0. The highest BCUT2D eigenvalue weighted by Gasteiger charge is 2.00. The number of carbonyl (C=O) groups is 1. The number of aryl methyl sites for hydroxylation is 1. The number of rotatable bonds is 8. The number of hydrogen-bond donors (Lipinski definition) is 2. The van der Waals surface area contributed by atoms with Crippen molar-refractivity contribution < 1.29 is 4.79 Å². The highest BCUT2D eigenvalue weighted by molar-refractivity contribution is 5.75. The van der Waals surface area contributed by atoms with E-state index < -0.39 is 0 Å². The maximum Gasteiger partial charge on any atom is 0.221 e. The molecule has 0 radical (unpaired) electrons. The first-order chi connectivity index (χ1) is 7.83. The number of nitrogens with zero attached hydrogens (tertiary/aromatic N) is 3. The molecule has 0 spiro atoms. The van der Waals surface area contributed by atoms with E-state index in [1.165, 1.54) is 0 Å². The lowest BCUT2D eigenvalue weighted by Crippen LogP contribution is -2.28. The molecule has 1 aromatic rings. The Morgan fingerprint density at radius 2 is 2.31 bits per heavy atom. The van der Waals surface area contributed by atoms with Crippen molar-refractivity contribution in [2.45, 2.75) is 26.3 Å². The van der Waals surface area contributed by atoms with E-state index >= 15 is 0 Å². The maximum absolute atomic E-state index is 11.4. The Bertz CT molecular complexity index is 285. The van der Waals surface area contributed by atoms with Gasteiger partial charge in [-0.1, -0.05) is 12.1 Å². The van der Waals surface area contributed by atoms with E-state index in [1.807, 2.05) is 0 Å². The molecule has 6 heteroatoms. The minimum atomic E-state index is 0.0620. The zero-order valence-electron chi connectivity index (χ0n) is 9.65. The molecule has 1 aromatic heterocycles. The molecule has 90 valence electrons. The first kappa shape index (κ1) is 12.6. The van der Waals surface area contributed by atoms with Gasteiger partial charge in [0.2, 0.25) is 5.91 Å². The topological polar surface area (TPSA) is 71.8 Å². The van der Waals surface area contributed by atoms with Crippen LogP contribution in [0.2, 0.25) is 0 Å². The lowest BCUT2D eigenvalue weighted by Gasteiger charge is -2.05. The summed E-state index contributed by atoms with van der Waals surface area (Å²) in [6, 6.07) is 0. The van der Waals surface area contributed by atoms with Crippen molar-refractivity contribution in [1.29, 1.82) is 0 Å². The summed E-state index contributed by atoms with van der Waals surface area (Å²) in [6.07, 6.45) is 4.76. The van der Waals surface area contributed by atoms with Gasteiger partial charge in [-0.25, -0.2) is 0 Å². The highest BCUT2D eigenvalue weighted by atomic mass is 16.1. The van der Waals surface area contributed by atoms with Gasteiger partial charge >= 0.3 is 0 Å². The van der Waals surface area contributed by atoms with Gasteiger partial charge in [-0.15, -0.1) is 5.10 Å². The lowest BCUT2D eigenvalue weighted by molar-refractivity contribution is -0.121. The molecule has 0 atom stereocenters. The summed E-state index contributed by atoms with van der Waals surface area (Å²) >= 11 is 0. The van der Waals surface area contributed by atoms with E-state index in [0.717, 1.165) is 26.1 Å². The largest absolute Gasteiger partial charge is 0.356 e. The van der Waals surface area contributed by atoms with Crippen LogP contribution in [0.3, 0.4) is 0 Å². The average molecular weight is 225 g/mol. The Morgan fingerprint density at radius 1 is 1.44 bits per heavy atom. The van der Waals surface area contributed by atoms with Gasteiger partial charge in [0.1, 0.15) is 0 Å². The van der Waals surface area contributed by atoms with Gasteiger partial charge < -0.3 is 10.6 Å². The average Bonchev–Trinajstić information content (AvgIpc) is 2.79. The molecule has 0 aliphatic carbocycles. The molecule has 1 heterocycles. The minimum absolute atomic E-state index is 0.0620. The second-order valence-electron chi connectivity index (χ2n) is 3.47. The normalized spacial score (nSPS) is 10.3. The third-order valence-electron chi connectivity index (χ3n) is 2.14. The first-order valence-electron chi connectivity index (χ1n) is 5.64. The number of aromatic nitrogens is 3. The summed E-state index contributed by atoms with van der Waals surface area (Å²) in [5.41, 5.74) is 0. The predicted octanol–water partition coefficient (Wildman–Crippen LogP) is -0.216. The van der Waals surface area contributed by atoms with Crippen LogP contribution in [0, 0.1) is 0 Å². The fraction of sp³-hybridized carbons (Fsp3) is 0.700. The molecule has 1 rings (SSSR count). The van der Waals surface area contributed by atoms with Crippen LogP contribution in [0.1, 0.15) is 19.8 Å². The van der Waals surface area contributed by atoms with Crippen LogP contribution in [0.4, 0.5) is 0 Å².